The van der Waals surface area contributed by atoms with E-state index in [9.17, 15) is 13.6 Å². The maximum absolute atomic E-state index is 14.3. The molecule has 0 radical (unpaired) electrons. The first-order valence-electron chi connectivity index (χ1n) is 9.68. The molecule has 8 heteroatoms. The van der Waals surface area contributed by atoms with Crippen LogP contribution in [0.25, 0.3) is 10.2 Å². The van der Waals surface area contributed by atoms with Gasteiger partial charge in [-0.3, -0.25) is 9.69 Å². The highest BCUT2D eigenvalue weighted by molar-refractivity contribution is 7.22. The first kappa shape index (κ1) is 20.2. The lowest BCUT2D eigenvalue weighted by Crippen LogP contribution is -2.33. The van der Waals surface area contributed by atoms with Gasteiger partial charge in [0, 0.05) is 31.5 Å². The van der Waals surface area contributed by atoms with Crippen LogP contribution in [0.15, 0.2) is 55.1 Å². The Morgan fingerprint density at radius 3 is 2.83 bits per heavy atom. The predicted molar refractivity (Wildman–Crippen MR) is 114 cm³/mol. The Bertz CT molecular complexity index is 1170. The van der Waals surface area contributed by atoms with Gasteiger partial charge in [-0.05, 0) is 36.6 Å². The van der Waals surface area contributed by atoms with Crippen molar-refractivity contribution in [2.45, 2.75) is 26.3 Å². The Morgan fingerprint density at radius 2 is 2.10 bits per heavy atom. The Balaban J connectivity index is 1.68. The number of hydrogen-bond donors (Lipinski definition) is 0. The molecule has 0 aliphatic carbocycles. The molecule has 0 spiro atoms. The number of rotatable bonds is 7. The van der Waals surface area contributed by atoms with E-state index in [2.05, 4.69) is 11.9 Å². The number of benzene rings is 2. The van der Waals surface area contributed by atoms with Gasteiger partial charge >= 0.3 is 0 Å². The SMILES string of the molecule is CCc1cccc2sc(N(CCCn3ccnc3)C(=O)c3ccc(F)cc3F)nc12. The zero-order chi connectivity index (χ0) is 21.1. The third-order valence-corrected chi connectivity index (χ3v) is 5.91. The fourth-order valence-corrected chi connectivity index (χ4v) is 4.36. The van der Waals surface area contributed by atoms with Crippen molar-refractivity contribution in [3.8, 4) is 0 Å². The maximum Gasteiger partial charge on any atom is 0.263 e. The lowest BCUT2D eigenvalue weighted by Gasteiger charge is -2.20. The second kappa shape index (κ2) is 8.71. The van der Waals surface area contributed by atoms with E-state index in [1.54, 1.807) is 12.5 Å². The molecule has 0 aliphatic heterocycles. The highest BCUT2D eigenvalue weighted by Crippen LogP contribution is 2.32. The highest BCUT2D eigenvalue weighted by atomic mass is 32.1. The number of aromatic nitrogens is 3. The van der Waals surface area contributed by atoms with E-state index in [0.29, 0.717) is 24.6 Å². The van der Waals surface area contributed by atoms with Crippen LogP contribution >= 0.6 is 11.3 Å². The summed E-state index contributed by atoms with van der Waals surface area (Å²) in [4.78, 5) is 23.4. The number of amides is 1. The summed E-state index contributed by atoms with van der Waals surface area (Å²) in [5, 5.41) is 0.505. The second-order valence-corrected chi connectivity index (χ2v) is 7.86. The molecule has 2 aromatic carbocycles. The van der Waals surface area contributed by atoms with Gasteiger partial charge in [0.15, 0.2) is 5.13 Å². The molecule has 0 unspecified atom stereocenters. The van der Waals surface area contributed by atoms with Crippen molar-refractivity contribution in [1.82, 2.24) is 14.5 Å². The van der Waals surface area contributed by atoms with Gasteiger partial charge in [0.2, 0.25) is 0 Å². The van der Waals surface area contributed by atoms with E-state index in [1.165, 1.54) is 22.3 Å². The molecule has 0 saturated carbocycles. The molecule has 0 saturated heterocycles. The minimum absolute atomic E-state index is 0.172. The fourth-order valence-electron chi connectivity index (χ4n) is 3.32. The molecule has 0 aliphatic rings. The molecule has 1 amide bonds. The van der Waals surface area contributed by atoms with Crippen molar-refractivity contribution in [1.29, 1.82) is 0 Å². The van der Waals surface area contributed by atoms with Crippen molar-refractivity contribution >= 4 is 32.6 Å². The van der Waals surface area contributed by atoms with Crippen LogP contribution < -0.4 is 4.90 Å². The molecule has 2 aromatic heterocycles. The molecule has 4 aromatic rings. The van der Waals surface area contributed by atoms with Crippen LogP contribution in [0.1, 0.15) is 29.3 Å². The average molecular weight is 426 g/mol. The molecular formula is C22H20F2N4OS. The van der Waals surface area contributed by atoms with Crippen LogP contribution in [-0.4, -0.2) is 27.0 Å². The van der Waals surface area contributed by atoms with Crippen LogP contribution in [-0.2, 0) is 13.0 Å². The monoisotopic (exact) mass is 426 g/mol. The zero-order valence-corrected chi connectivity index (χ0v) is 17.2. The smallest absolute Gasteiger partial charge is 0.263 e. The van der Waals surface area contributed by atoms with Gasteiger partial charge in [0.05, 0.1) is 22.1 Å². The van der Waals surface area contributed by atoms with Gasteiger partial charge in [-0.1, -0.05) is 30.4 Å². The van der Waals surface area contributed by atoms with Crippen molar-refractivity contribution in [3.63, 3.8) is 0 Å². The number of thiazole rings is 1. The number of carbonyl (C=O) groups excluding carboxylic acids is 1. The van der Waals surface area contributed by atoms with E-state index >= 15 is 0 Å². The third kappa shape index (κ3) is 4.09. The number of halogens is 2. The lowest BCUT2D eigenvalue weighted by molar-refractivity contribution is 0.0982. The predicted octanol–water partition coefficient (Wildman–Crippen LogP) is 5.07. The molecule has 0 fully saturated rings. The number of anilines is 1. The molecule has 0 bridgehead atoms. The lowest BCUT2D eigenvalue weighted by atomic mass is 10.1. The molecule has 0 atom stereocenters. The van der Waals surface area contributed by atoms with E-state index in [4.69, 9.17) is 4.98 Å². The highest BCUT2D eigenvalue weighted by Gasteiger charge is 2.24. The van der Waals surface area contributed by atoms with Gasteiger partial charge in [0.1, 0.15) is 11.6 Å². The van der Waals surface area contributed by atoms with Crippen LogP contribution in [0.3, 0.4) is 0 Å². The number of carbonyl (C=O) groups is 1. The number of nitrogens with zero attached hydrogens (tertiary/aromatic N) is 4. The van der Waals surface area contributed by atoms with Crippen LogP contribution in [0.2, 0.25) is 0 Å². The number of hydrogen-bond acceptors (Lipinski definition) is 4. The van der Waals surface area contributed by atoms with Crippen molar-refractivity contribution in [3.05, 3.63) is 77.9 Å². The quantitative estimate of drug-likeness (QED) is 0.415. The van der Waals surface area contributed by atoms with Gasteiger partial charge in [-0.15, -0.1) is 0 Å². The molecule has 0 N–H and O–H groups in total. The maximum atomic E-state index is 14.3. The molecule has 2 heterocycles. The van der Waals surface area contributed by atoms with Crippen LogP contribution in [0.4, 0.5) is 13.9 Å². The van der Waals surface area contributed by atoms with Crippen molar-refractivity contribution in [2.24, 2.45) is 0 Å². The van der Waals surface area contributed by atoms with E-state index in [1.807, 2.05) is 29.0 Å². The Kier molecular flexibility index (Phi) is 5.85. The average Bonchev–Trinajstić information content (AvgIpc) is 3.40. The van der Waals surface area contributed by atoms with Crippen LogP contribution in [0, 0.1) is 11.6 Å². The standard InChI is InChI=1S/C22H20F2N4OS/c1-2-15-5-3-6-19-20(15)26-22(30-19)28(11-4-10-27-12-9-25-14-27)21(29)17-8-7-16(23)13-18(17)24/h3,5-9,12-14H,2,4,10-11H2,1H3. The molecule has 154 valence electrons. The normalized spacial score (nSPS) is 11.2. The summed E-state index contributed by atoms with van der Waals surface area (Å²) in [6.45, 7) is 3.05. The van der Waals surface area contributed by atoms with Crippen molar-refractivity contribution < 1.29 is 13.6 Å². The topological polar surface area (TPSA) is 51.0 Å². The Hall–Kier alpha value is -3.13. The Morgan fingerprint density at radius 1 is 1.23 bits per heavy atom. The second-order valence-electron chi connectivity index (χ2n) is 6.85. The molecule has 30 heavy (non-hydrogen) atoms. The minimum Gasteiger partial charge on any atom is -0.337 e. The summed E-state index contributed by atoms with van der Waals surface area (Å²) in [5.41, 5.74) is 1.77. The first-order chi connectivity index (χ1) is 14.6. The zero-order valence-electron chi connectivity index (χ0n) is 16.4. The van der Waals surface area contributed by atoms with Crippen LogP contribution in [0.5, 0.6) is 0 Å². The third-order valence-electron chi connectivity index (χ3n) is 4.87. The Labute approximate surface area is 176 Å². The largest absolute Gasteiger partial charge is 0.337 e. The summed E-state index contributed by atoms with van der Waals surface area (Å²) >= 11 is 1.39. The molecular weight excluding hydrogens is 406 g/mol. The molecule has 5 nitrogen and oxygen atoms in total. The number of para-hydroxylation sites is 1. The van der Waals surface area contributed by atoms with E-state index in [0.717, 1.165) is 34.3 Å². The van der Waals surface area contributed by atoms with E-state index in [-0.39, 0.29) is 5.56 Å². The van der Waals surface area contributed by atoms with Gasteiger partial charge in [0.25, 0.3) is 5.91 Å². The summed E-state index contributed by atoms with van der Waals surface area (Å²) in [5.74, 6) is -2.13. The van der Waals surface area contributed by atoms with E-state index < -0.39 is 17.5 Å². The summed E-state index contributed by atoms with van der Waals surface area (Å²) in [7, 11) is 0. The molecule has 4 rings (SSSR count). The van der Waals surface area contributed by atoms with Gasteiger partial charge < -0.3 is 4.57 Å². The summed E-state index contributed by atoms with van der Waals surface area (Å²) in [6.07, 6.45) is 6.69. The number of aryl methyl sites for hydroxylation is 2. The number of fused-ring (bicyclic) bond motifs is 1. The van der Waals surface area contributed by atoms with Gasteiger partial charge in [-0.25, -0.2) is 18.7 Å². The number of imidazole rings is 1. The first-order valence-corrected chi connectivity index (χ1v) is 10.5. The summed E-state index contributed by atoms with van der Waals surface area (Å²) < 4.78 is 30.5. The summed E-state index contributed by atoms with van der Waals surface area (Å²) in [6, 6.07) is 8.94. The van der Waals surface area contributed by atoms with Crippen molar-refractivity contribution in [2.75, 3.05) is 11.4 Å². The van der Waals surface area contributed by atoms with Gasteiger partial charge in [-0.2, -0.15) is 0 Å². The minimum atomic E-state index is -0.880. The fraction of sp³-hybridized carbons (Fsp3) is 0.227.